The zero-order chi connectivity index (χ0) is 9.14. The Morgan fingerprint density at radius 1 is 0.917 bits per heavy atom. The summed E-state index contributed by atoms with van der Waals surface area (Å²) in [5.74, 6) is 0. The molecule has 1 aromatic heterocycles. The summed E-state index contributed by atoms with van der Waals surface area (Å²) in [5.41, 5.74) is 2.65. The molecule has 0 aliphatic carbocycles. The minimum atomic E-state index is 1.05. The standard InChI is InChI=1S/C10H18N2/c1-5-11-7-10(4)12(6-2)8-9(11)3/h7-8H,5-6H2,1-4H3/q+2. The van der Waals surface area contributed by atoms with Crippen LogP contribution in [0.4, 0.5) is 0 Å². The van der Waals surface area contributed by atoms with Crippen molar-refractivity contribution < 1.29 is 9.13 Å². The summed E-state index contributed by atoms with van der Waals surface area (Å²) in [6.45, 7) is 10.7. The fourth-order valence-electron chi connectivity index (χ4n) is 1.48. The molecule has 1 rings (SSSR count). The molecule has 0 fully saturated rings. The topological polar surface area (TPSA) is 7.76 Å². The largest absolute Gasteiger partial charge is 0.242 e. The SMILES string of the molecule is CC[n+]1cc(C)[n+](CC)cc1C. The fourth-order valence-corrected chi connectivity index (χ4v) is 1.48. The maximum absolute atomic E-state index is 2.27. The Morgan fingerprint density at radius 3 is 1.50 bits per heavy atom. The molecule has 1 aromatic rings. The van der Waals surface area contributed by atoms with E-state index in [0.717, 1.165) is 13.1 Å². The van der Waals surface area contributed by atoms with Gasteiger partial charge in [0.15, 0.2) is 0 Å². The van der Waals surface area contributed by atoms with Gasteiger partial charge in [-0.2, -0.15) is 9.13 Å². The lowest BCUT2D eigenvalue weighted by molar-refractivity contribution is -0.755. The fraction of sp³-hybridized carbons (Fsp3) is 0.600. The normalized spacial score (nSPS) is 10.3. The minimum Gasteiger partial charge on any atom is -0.192 e. The lowest BCUT2D eigenvalue weighted by atomic mass is 10.4. The predicted molar refractivity (Wildman–Crippen MR) is 47.7 cm³/mol. The van der Waals surface area contributed by atoms with Gasteiger partial charge in [-0.15, -0.1) is 0 Å². The zero-order valence-electron chi connectivity index (χ0n) is 8.46. The molecule has 0 spiro atoms. The molecule has 0 radical (unpaired) electrons. The Balaban J connectivity index is 3.16. The second-order valence-corrected chi connectivity index (χ2v) is 3.11. The molecular weight excluding hydrogens is 148 g/mol. The Morgan fingerprint density at radius 2 is 1.25 bits per heavy atom. The van der Waals surface area contributed by atoms with E-state index in [9.17, 15) is 0 Å². The Hall–Kier alpha value is -0.920. The molecule has 0 bridgehead atoms. The first-order chi connectivity index (χ1) is 5.69. The quantitative estimate of drug-likeness (QED) is 0.577. The lowest BCUT2D eigenvalue weighted by Crippen LogP contribution is -2.46. The van der Waals surface area contributed by atoms with E-state index in [-0.39, 0.29) is 0 Å². The molecule has 2 nitrogen and oxygen atoms in total. The van der Waals surface area contributed by atoms with Crippen LogP contribution in [0.25, 0.3) is 0 Å². The summed E-state index contributed by atoms with van der Waals surface area (Å²) in [6, 6.07) is 0. The third kappa shape index (κ3) is 1.63. The van der Waals surface area contributed by atoms with Crippen molar-refractivity contribution in [3.63, 3.8) is 0 Å². The zero-order valence-corrected chi connectivity index (χ0v) is 8.46. The maximum atomic E-state index is 2.27. The summed E-state index contributed by atoms with van der Waals surface area (Å²) >= 11 is 0. The van der Waals surface area contributed by atoms with Crippen LogP contribution < -0.4 is 9.13 Å². The van der Waals surface area contributed by atoms with Crippen LogP contribution in [0.3, 0.4) is 0 Å². The van der Waals surface area contributed by atoms with Crippen molar-refractivity contribution in [2.45, 2.75) is 40.8 Å². The highest BCUT2D eigenvalue weighted by Gasteiger charge is 2.13. The number of aromatic nitrogens is 2. The van der Waals surface area contributed by atoms with E-state index in [1.54, 1.807) is 0 Å². The van der Waals surface area contributed by atoms with Crippen LogP contribution in [0.15, 0.2) is 12.4 Å². The third-order valence-electron chi connectivity index (χ3n) is 2.27. The molecule has 0 aliphatic heterocycles. The van der Waals surface area contributed by atoms with Gasteiger partial charge in [-0.1, -0.05) is 0 Å². The van der Waals surface area contributed by atoms with Gasteiger partial charge in [-0.25, -0.2) is 0 Å². The van der Waals surface area contributed by atoms with Crippen LogP contribution in [-0.4, -0.2) is 0 Å². The minimum absolute atomic E-state index is 1.05. The first-order valence-corrected chi connectivity index (χ1v) is 4.59. The Kier molecular flexibility index (Phi) is 2.79. The van der Waals surface area contributed by atoms with E-state index in [1.807, 2.05) is 0 Å². The average Bonchev–Trinajstić information content (AvgIpc) is 2.08. The van der Waals surface area contributed by atoms with Gasteiger partial charge in [0.25, 0.3) is 0 Å². The van der Waals surface area contributed by atoms with Crippen molar-refractivity contribution >= 4 is 0 Å². The number of aryl methyl sites for hydroxylation is 4. The highest BCUT2D eigenvalue weighted by atomic mass is 15.0. The number of nitrogens with zero attached hydrogens (tertiary/aromatic N) is 2. The van der Waals surface area contributed by atoms with Gasteiger partial charge in [0, 0.05) is 13.8 Å². The molecule has 0 unspecified atom stereocenters. The molecule has 2 heteroatoms. The molecule has 0 aliphatic rings. The van der Waals surface area contributed by atoms with Gasteiger partial charge in [0.05, 0.1) is 0 Å². The molecule has 0 atom stereocenters. The molecule has 0 saturated heterocycles. The van der Waals surface area contributed by atoms with Crippen molar-refractivity contribution in [2.24, 2.45) is 0 Å². The van der Waals surface area contributed by atoms with Gasteiger partial charge in [-0.05, 0) is 13.8 Å². The van der Waals surface area contributed by atoms with E-state index in [4.69, 9.17) is 0 Å². The smallest absolute Gasteiger partial charge is 0.192 e. The third-order valence-corrected chi connectivity index (χ3v) is 2.27. The summed E-state index contributed by atoms with van der Waals surface area (Å²) in [4.78, 5) is 0. The first-order valence-electron chi connectivity index (χ1n) is 4.59. The molecule has 12 heavy (non-hydrogen) atoms. The van der Waals surface area contributed by atoms with E-state index in [0.29, 0.717) is 0 Å². The number of hydrogen-bond acceptors (Lipinski definition) is 0. The monoisotopic (exact) mass is 166 g/mol. The number of rotatable bonds is 2. The van der Waals surface area contributed by atoms with Crippen molar-refractivity contribution in [2.75, 3.05) is 0 Å². The van der Waals surface area contributed by atoms with Crippen LogP contribution in [0.5, 0.6) is 0 Å². The van der Waals surface area contributed by atoms with E-state index >= 15 is 0 Å². The Labute approximate surface area is 74.5 Å². The van der Waals surface area contributed by atoms with Crippen LogP contribution >= 0.6 is 0 Å². The van der Waals surface area contributed by atoms with Crippen molar-refractivity contribution in [3.8, 4) is 0 Å². The van der Waals surface area contributed by atoms with Gasteiger partial charge >= 0.3 is 0 Å². The highest BCUT2D eigenvalue weighted by molar-refractivity contribution is 4.82. The van der Waals surface area contributed by atoms with Gasteiger partial charge in [0.1, 0.15) is 13.1 Å². The summed E-state index contributed by atoms with van der Waals surface area (Å²) < 4.78 is 4.53. The molecule has 0 amide bonds. The molecule has 66 valence electrons. The average molecular weight is 166 g/mol. The van der Waals surface area contributed by atoms with Gasteiger partial charge in [0.2, 0.25) is 23.8 Å². The molecular formula is C10H18N2+2. The van der Waals surface area contributed by atoms with Crippen LogP contribution in [0.1, 0.15) is 25.2 Å². The number of hydrogen-bond donors (Lipinski definition) is 0. The van der Waals surface area contributed by atoms with Gasteiger partial charge in [-0.3, -0.25) is 0 Å². The Bertz CT molecular complexity index is 250. The second-order valence-electron chi connectivity index (χ2n) is 3.11. The predicted octanol–water partition coefficient (Wildman–Crippen LogP) is 0.918. The van der Waals surface area contributed by atoms with Gasteiger partial charge < -0.3 is 0 Å². The molecule has 0 saturated carbocycles. The van der Waals surface area contributed by atoms with E-state index in [2.05, 4.69) is 49.2 Å². The summed E-state index contributed by atoms with van der Waals surface area (Å²) in [6.07, 6.45) is 4.41. The lowest BCUT2D eigenvalue weighted by Gasteiger charge is -1.98. The first kappa shape index (κ1) is 9.17. The van der Waals surface area contributed by atoms with Crippen molar-refractivity contribution in [1.29, 1.82) is 0 Å². The van der Waals surface area contributed by atoms with Crippen molar-refractivity contribution in [3.05, 3.63) is 23.8 Å². The molecule has 0 aromatic carbocycles. The van der Waals surface area contributed by atoms with Crippen LogP contribution in [0, 0.1) is 13.8 Å². The maximum Gasteiger partial charge on any atom is 0.242 e. The molecule has 0 N–H and O–H groups in total. The summed E-state index contributed by atoms with van der Waals surface area (Å²) in [5, 5.41) is 0. The molecule has 1 heterocycles. The highest BCUT2D eigenvalue weighted by Crippen LogP contribution is 1.88. The van der Waals surface area contributed by atoms with Crippen molar-refractivity contribution in [1.82, 2.24) is 0 Å². The van der Waals surface area contributed by atoms with Crippen LogP contribution in [0.2, 0.25) is 0 Å². The van der Waals surface area contributed by atoms with E-state index in [1.165, 1.54) is 11.4 Å². The summed E-state index contributed by atoms with van der Waals surface area (Å²) in [7, 11) is 0. The second kappa shape index (κ2) is 3.65. The van der Waals surface area contributed by atoms with E-state index < -0.39 is 0 Å². The van der Waals surface area contributed by atoms with Crippen LogP contribution in [-0.2, 0) is 13.1 Å².